The van der Waals surface area contributed by atoms with E-state index in [-0.39, 0.29) is 25.1 Å². The van der Waals surface area contributed by atoms with E-state index in [0.29, 0.717) is 0 Å². The Kier molecular flexibility index (Phi) is 5.35. The van der Waals surface area contributed by atoms with Crippen molar-refractivity contribution in [2.45, 2.75) is 19.8 Å². The van der Waals surface area contributed by atoms with E-state index in [0.717, 1.165) is 21.6 Å². The Hall–Kier alpha value is -3.41. The quantitative estimate of drug-likeness (QED) is 0.786. The largest absolute Gasteiger partial charge is 0.481 e. The first-order chi connectivity index (χ1) is 12.9. The first kappa shape index (κ1) is 18.4. The Bertz CT molecular complexity index is 914. The molecule has 2 amide bonds. The molecule has 0 saturated carbocycles. The predicted molar refractivity (Wildman–Crippen MR) is 99.7 cm³/mol. The molecule has 3 rings (SSSR count). The monoisotopic (exact) mass is 365 g/mol. The predicted octanol–water partition coefficient (Wildman–Crippen LogP) is 3.85. The molecule has 0 atom stereocenters. The van der Waals surface area contributed by atoms with Gasteiger partial charge in [0.2, 0.25) is 0 Å². The minimum Gasteiger partial charge on any atom is -0.481 e. The lowest BCUT2D eigenvalue weighted by molar-refractivity contribution is -0.137. The number of carbonyl (C=O) groups is 3. The third-order valence-electron chi connectivity index (χ3n) is 4.22. The number of carboxylic acids is 1. The van der Waals surface area contributed by atoms with Crippen LogP contribution in [0.1, 0.15) is 24.0 Å². The summed E-state index contributed by atoms with van der Waals surface area (Å²) in [7, 11) is 0. The highest BCUT2D eigenvalue weighted by Crippen LogP contribution is 2.24. The fourth-order valence-electron chi connectivity index (χ4n) is 2.79. The number of carboxylic acid groups (broad SMARTS) is 1. The third-order valence-corrected chi connectivity index (χ3v) is 4.22. The van der Waals surface area contributed by atoms with Crippen molar-refractivity contribution in [2.75, 3.05) is 6.54 Å². The molecule has 0 bridgehead atoms. The number of benzene rings is 2. The SMILES string of the molecule is Cc1ccc(-c2cccc(C=C3OC(=O)N(CCCC(=O)O)C3=O)c2)cc1. The van der Waals surface area contributed by atoms with E-state index < -0.39 is 18.0 Å². The average molecular weight is 365 g/mol. The standard InChI is InChI=1S/C21H19NO5/c1-14-7-9-16(10-8-14)17-5-2-4-15(12-17)13-18-20(25)22(21(26)27-18)11-3-6-19(23)24/h2,4-5,7-10,12-13H,3,6,11H2,1H3,(H,23,24). The van der Waals surface area contributed by atoms with Crippen molar-refractivity contribution >= 4 is 24.0 Å². The molecule has 6 heteroatoms. The van der Waals surface area contributed by atoms with E-state index in [1.54, 1.807) is 0 Å². The van der Waals surface area contributed by atoms with Crippen molar-refractivity contribution < 1.29 is 24.2 Å². The molecule has 2 aromatic rings. The minimum atomic E-state index is -0.973. The lowest BCUT2D eigenvalue weighted by Crippen LogP contribution is -2.30. The molecule has 6 nitrogen and oxygen atoms in total. The maximum absolute atomic E-state index is 12.4. The second-order valence-electron chi connectivity index (χ2n) is 6.32. The second-order valence-corrected chi connectivity index (χ2v) is 6.32. The van der Waals surface area contributed by atoms with Crippen LogP contribution in [0.2, 0.25) is 0 Å². The molecule has 138 valence electrons. The van der Waals surface area contributed by atoms with Crippen molar-refractivity contribution in [3.8, 4) is 11.1 Å². The van der Waals surface area contributed by atoms with E-state index in [4.69, 9.17) is 9.84 Å². The molecular weight excluding hydrogens is 346 g/mol. The highest BCUT2D eigenvalue weighted by molar-refractivity contribution is 6.09. The molecule has 1 aliphatic rings. The number of carbonyl (C=O) groups excluding carboxylic acids is 2. The lowest BCUT2D eigenvalue weighted by atomic mass is 10.0. The first-order valence-electron chi connectivity index (χ1n) is 8.58. The zero-order chi connectivity index (χ0) is 19.4. The molecule has 0 aliphatic carbocycles. The Morgan fingerprint density at radius 1 is 1.11 bits per heavy atom. The summed E-state index contributed by atoms with van der Waals surface area (Å²) in [5, 5.41) is 8.67. The van der Waals surface area contributed by atoms with Gasteiger partial charge >= 0.3 is 12.1 Å². The number of ether oxygens (including phenoxy) is 1. The maximum atomic E-state index is 12.4. The molecule has 0 unspecified atom stereocenters. The van der Waals surface area contributed by atoms with Gasteiger partial charge in [-0.15, -0.1) is 0 Å². The third kappa shape index (κ3) is 4.41. The van der Waals surface area contributed by atoms with Crippen molar-refractivity contribution in [3.63, 3.8) is 0 Å². The van der Waals surface area contributed by atoms with Crippen LogP contribution in [0.25, 0.3) is 17.2 Å². The number of nitrogens with zero attached hydrogens (tertiary/aromatic N) is 1. The summed E-state index contributed by atoms with van der Waals surface area (Å²) in [6.07, 6.45) is 0.822. The lowest BCUT2D eigenvalue weighted by Gasteiger charge is -2.08. The van der Waals surface area contributed by atoms with Crippen LogP contribution in [0.15, 0.2) is 54.3 Å². The summed E-state index contributed by atoms with van der Waals surface area (Å²) in [6, 6.07) is 15.7. The first-order valence-corrected chi connectivity index (χ1v) is 8.58. The van der Waals surface area contributed by atoms with Crippen LogP contribution >= 0.6 is 0 Å². The molecular formula is C21H19NO5. The number of hydrogen-bond acceptors (Lipinski definition) is 4. The van der Waals surface area contributed by atoms with Gasteiger partial charge in [0.15, 0.2) is 5.76 Å². The van der Waals surface area contributed by atoms with Crippen LogP contribution in [0.3, 0.4) is 0 Å². The molecule has 1 N–H and O–H groups in total. The van der Waals surface area contributed by atoms with Crippen molar-refractivity contribution in [1.29, 1.82) is 0 Å². The number of imide groups is 1. The fraction of sp³-hybridized carbons (Fsp3) is 0.190. The van der Waals surface area contributed by atoms with Gasteiger partial charge in [0.1, 0.15) is 0 Å². The highest BCUT2D eigenvalue weighted by atomic mass is 16.6. The molecule has 1 fully saturated rings. The van der Waals surface area contributed by atoms with Gasteiger partial charge < -0.3 is 9.84 Å². The van der Waals surface area contributed by atoms with Gasteiger partial charge in [-0.2, -0.15) is 0 Å². The van der Waals surface area contributed by atoms with Gasteiger partial charge in [-0.3, -0.25) is 9.59 Å². The summed E-state index contributed by atoms with van der Waals surface area (Å²) in [5.41, 5.74) is 3.94. The number of cyclic esters (lactones) is 1. The van der Waals surface area contributed by atoms with Crippen LogP contribution < -0.4 is 0 Å². The smallest absolute Gasteiger partial charge is 0.422 e. The average Bonchev–Trinajstić information content (AvgIpc) is 2.89. The number of rotatable bonds is 6. The van der Waals surface area contributed by atoms with Crippen molar-refractivity contribution in [1.82, 2.24) is 4.90 Å². The number of hydrogen-bond donors (Lipinski definition) is 1. The van der Waals surface area contributed by atoms with Crippen LogP contribution in [-0.2, 0) is 14.3 Å². The van der Waals surface area contributed by atoms with Gasteiger partial charge in [-0.25, -0.2) is 9.69 Å². The Morgan fingerprint density at radius 3 is 2.56 bits per heavy atom. The van der Waals surface area contributed by atoms with Gasteiger partial charge in [-0.1, -0.05) is 48.0 Å². The molecule has 1 saturated heterocycles. The zero-order valence-corrected chi connectivity index (χ0v) is 14.8. The van der Waals surface area contributed by atoms with E-state index in [2.05, 4.69) is 0 Å². The topological polar surface area (TPSA) is 83.9 Å². The molecule has 0 radical (unpaired) electrons. The van der Waals surface area contributed by atoms with Gasteiger partial charge in [0.25, 0.3) is 5.91 Å². The maximum Gasteiger partial charge on any atom is 0.422 e. The molecule has 2 aromatic carbocycles. The number of aliphatic carboxylic acids is 1. The zero-order valence-electron chi connectivity index (χ0n) is 14.8. The highest BCUT2D eigenvalue weighted by Gasteiger charge is 2.36. The molecule has 1 heterocycles. The van der Waals surface area contributed by atoms with Crippen LogP contribution in [-0.4, -0.2) is 34.5 Å². The van der Waals surface area contributed by atoms with E-state index in [9.17, 15) is 14.4 Å². The van der Waals surface area contributed by atoms with Crippen LogP contribution in [0.4, 0.5) is 4.79 Å². The number of aryl methyl sites for hydroxylation is 1. The van der Waals surface area contributed by atoms with E-state index in [1.807, 2.05) is 55.5 Å². The van der Waals surface area contributed by atoms with Crippen LogP contribution in [0, 0.1) is 6.92 Å². The molecule has 27 heavy (non-hydrogen) atoms. The van der Waals surface area contributed by atoms with Gasteiger partial charge in [0.05, 0.1) is 0 Å². The molecule has 0 spiro atoms. The van der Waals surface area contributed by atoms with Crippen molar-refractivity contribution in [2.24, 2.45) is 0 Å². The summed E-state index contributed by atoms with van der Waals surface area (Å²) < 4.78 is 5.06. The Morgan fingerprint density at radius 2 is 1.85 bits per heavy atom. The van der Waals surface area contributed by atoms with E-state index >= 15 is 0 Å². The van der Waals surface area contributed by atoms with Gasteiger partial charge in [0, 0.05) is 13.0 Å². The van der Waals surface area contributed by atoms with Crippen LogP contribution in [0.5, 0.6) is 0 Å². The minimum absolute atomic E-state index is 0.0186. The summed E-state index contributed by atoms with van der Waals surface area (Å²) >= 11 is 0. The number of amides is 2. The Balaban J connectivity index is 1.77. The normalized spacial score (nSPS) is 15.3. The van der Waals surface area contributed by atoms with E-state index in [1.165, 1.54) is 11.6 Å². The summed E-state index contributed by atoms with van der Waals surface area (Å²) in [6.45, 7) is 2.04. The fourth-order valence-corrected chi connectivity index (χ4v) is 2.79. The summed E-state index contributed by atoms with van der Waals surface area (Å²) in [5.74, 6) is -1.58. The molecule has 1 aliphatic heterocycles. The Labute approximate surface area is 156 Å². The molecule has 0 aromatic heterocycles. The summed E-state index contributed by atoms with van der Waals surface area (Å²) in [4.78, 5) is 35.7. The van der Waals surface area contributed by atoms with Gasteiger partial charge in [-0.05, 0) is 42.2 Å². The second kappa shape index (κ2) is 7.86. The van der Waals surface area contributed by atoms with Crippen molar-refractivity contribution in [3.05, 3.63) is 65.4 Å².